The van der Waals surface area contributed by atoms with Crippen LogP contribution in [0.5, 0.6) is 11.5 Å². The molecule has 3 unspecified atom stereocenters. The normalized spacial score (nSPS) is 21.9. The van der Waals surface area contributed by atoms with Gasteiger partial charge in [0, 0.05) is 6.54 Å². The number of hydrogen-bond donors (Lipinski definition) is 7. The van der Waals surface area contributed by atoms with Crippen LogP contribution in [-0.4, -0.2) is 97.6 Å². The number of nitrogens with one attached hydrogen (secondary N) is 1. The van der Waals surface area contributed by atoms with Gasteiger partial charge < -0.3 is 51.5 Å². The van der Waals surface area contributed by atoms with Crippen LogP contribution in [0.4, 0.5) is 5.95 Å². The highest BCUT2D eigenvalue weighted by atomic mass is 16.6. The van der Waals surface area contributed by atoms with Crippen LogP contribution in [-0.2, 0) is 17.7 Å². The van der Waals surface area contributed by atoms with Crippen molar-refractivity contribution in [1.29, 1.82) is 0 Å². The molecule has 1 saturated heterocycles. The quantitative estimate of drug-likeness (QED) is 0.0905. The molecule has 9 N–H and O–H groups in total. The predicted molar refractivity (Wildman–Crippen MR) is 138 cm³/mol. The number of nitrogens with zero attached hydrogens (tertiary/aromatic N) is 4. The predicted octanol–water partition coefficient (Wildman–Crippen LogP) is -3.52. The molecule has 0 radical (unpaired) electrons. The van der Waals surface area contributed by atoms with Crippen LogP contribution >= 0.6 is 0 Å². The van der Waals surface area contributed by atoms with Crippen LogP contribution in [0.1, 0.15) is 11.8 Å². The zero-order chi connectivity index (χ0) is 28.4. The summed E-state index contributed by atoms with van der Waals surface area (Å²) < 4.78 is 18.4. The smallest absolute Gasteiger partial charge is 0.332 e. The number of benzene rings is 1. The standard InChI is InChI=1S/C23H33N7O9/c1-37-13-4-3-11(7-14(13)38-2)5-6-26-8-12(32)9-28-16-19(27-22(24)30(25)20(16)35)29(23(28)36)21-18(34)17(33)15(10-31)39-21/h3-4,7,12,15,17-18,21,26,31-34H,5-6,8-10,25H2,1-2H3,(H2,24,27)/t12?,15-,17?,18?,21-/m1/s1. The van der Waals surface area contributed by atoms with E-state index in [9.17, 15) is 30.0 Å². The second kappa shape index (κ2) is 11.6. The molecule has 16 heteroatoms. The third kappa shape index (κ3) is 5.29. The van der Waals surface area contributed by atoms with Gasteiger partial charge in [0.25, 0.3) is 5.56 Å². The number of anilines is 1. The summed E-state index contributed by atoms with van der Waals surface area (Å²) in [5.74, 6) is 6.49. The first kappa shape index (κ1) is 28.3. The second-order valence-electron chi connectivity index (χ2n) is 9.11. The van der Waals surface area contributed by atoms with E-state index < -0.39 is 54.4 Å². The highest BCUT2D eigenvalue weighted by Gasteiger charge is 2.45. The maximum atomic E-state index is 13.4. The molecule has 5 atom stereocenters. The van der Waals surface area contributed by atoms with Gasteiger partial charge in [-0.2, -0.15) is 9.66 Å². The molecule has 0 amide bonds. The number of aliphatic hydroxyl groups excluding tert-OH is 4. The number of aromatic nitrogens is 4. The van der Waals surface area contributed by atoms with Gasteiger partial charge in [0.2, 0.25) is 5.95 Å². The minimum absolute atomic E-state index is 0.0689. The van der Waals surface area contributed by atoms with Crippen LogP contribution in [0.2, 0.25) is 0 Å². The average molecular weight is 552 g/mol. The number of methoxy groups -OCH3 is 2. The fourth-order valence-corrected chi connectivity index (χ4v) is 4.55. The Morgan fingerprint density at radius 2 is 1.90 bits per heavy atom. The van der Waals surface area contributed by atoms with Gasteiger partial charge in [-0.1, -0.05) is 6.07 Å². The van der Waals surface area contributed by atoms with Crippen molar-refractivity contribution >= 4 is 17.1 Å². The summed E-state index contributed by atoms with van der Waals surface area (Å²) in [6, 6.07) is 5.53. The van der Waals surface area contributed by atoms with E-state index in [1.165, 1.54) is 0 Å². The molecule has 0 aliphatic carbocycles. The largest absolute Gasteiger partial charge is 0.493 e. The lowest BCUT2D eigenvalue weighted by atomic mass is 10.1. The third-order valence-electron chi connectivity index (χ3n) is 6.62. The van der Waals surface area contributed by atoms with E-state index in [0.29, 0.717) is 29.1 Å². The maximum Gasteiger partial charge on any atom is 0.332 e. The van der Waals surface area contributed by atoms with E-state index in [0.717, 1.165) is 14.7 Å². The van der Waals surface area contributed by atoms with Crippen LogP contribution in [0, 0.1) is 0 Å². The van der Waals surface area contributed by atoms with E-state index in [1.54, 1.807) is 20.3 Å². The van der Waals surface area contributed by atoms with Gasteiger partial charge >= 0.3 is 5.69 Å². The molecule has 4 rings (SSSR count). The van der Waals surface area contributed by atoms with Gasteiger partial charge in [0.1, 0.15) is 18.3 Å². The van der Waals surface area contributed by atoms with Gasteiger partial charge in [-0.15, -0.1) is 0 Å². The van der Waals surface area contributed by atoms with E-state index in [2.05, 4.69) is 10.3 Å². The molecule has 39 heavy (non-hydrogen) atoms. The Bertz CT molecular complexity index is 1440. The molecule has 1 aliphatic rings. The summed E-state index contributed by atoms with van der Waals surface area (Å²) in [6.07, 6.45) is -6.30. The molecule has 214 valence electrons. The van der Waals surface area contributed by atoms with Crippen molar-refractivity contribution in [1.82, 2.24) is 24.1 Å². The minimum Gasteiger partial charge on any atom is -0.493 e. The van der Waals surface area contributed by atoms with Crippen molar-refractivity contribution in [3.05, 3.63) is 44.6 Å². The lowest BCUT2D eigenvalue weighted by Gasteiger charge is -2.16. The summed E-state index contributed by atoms with van der Waals surface area (Å²) in [7, 11) is 3.10. The van der Waals surface area contributed by atoms with Crippen molar-refractivity contribution in [2.24, 2.45) is 0 Å². The molecule has 1 aromatic carbocycles. The van der Waals surface area contributed by atoms with Gasteiger partial charge in [-0.25, -0.2) is 9.36 Å². The Morgan fingerprint density at radius 3 is 2.54 bits per heavy atom. The molecular formula is C23H33N7O9. The second-order valence-corrected chi connectivity index (χ2v) is 9.11. The fourth-order valence-electron chi connectivity index (χ4n) is 4.55. The zero-order valence-corrected chi connectivity index (χ0v) is 21.4. The number of fused-ring (bicyclic) bond motifs is 1. The van der Waals surface area contributed by atoms with Crippen molar-refractivity contribution in [2.75, 3.05) is 45.5 Å². The summed E-state index contributed by atoms with van der Waals surface area (Å²) in [4.78, 5) is 30.4. The molecule has 16 nitrogen and oxygen atoms in total. The third-order valence-corrected chi connectivity index (χ3v) is 6.62. The summed E-state index contributed by atoms with van der Waals surface area (Å²) in [5, 5.41) is 43.9. The number of imidazole rings is 1. The fraction of sp³-hybridized carbons (Fsp3) is 0.522. The van der Waals surface area contributed by atoms with E-state index in [1.807, 2.05) is 12.1 Å². The van der Waals surface area contributed by atoms with E-state index >= 15 is 0 Å². The number of hydrogen-bond acceptors (Lipinski definition) is 13. The van der Waals surface area contributed by atoms with Crippen LogP contribution in [0.15, 0.2) is 27.8 Å². The Labute approximate surface area is 221 Å². The number of rotatable bonds is 11. The van der Waals surface area contributed by atoms with E-state index in [4.69, 9.17) is 25.8 Å². The average Bonchev–Trinajstić information content (AvgIpc) is 3.36. The highest BCUT2D eigenvalue weighted by molar-refractivity contribution is 5.72. The molecule has 3 aromatic rings. The lowest BCUT2D eigenvalue weighted by molar-refractivity contribution is -0.0529. The lowest BCUT2D eigenvalue weighted by Crippen LogP contribution is -2.38. The molecule has 3 heterocycles. The van der Waals surface area contributed by atoms with E-state index in [-0.39, 0.29) is 24.3 Å². The molecule has 1 fully saturated rings. The van der Waals surface area contributed by atoms with Gasteiger partial charge in [0.15, 0.2) is 28.9 Å². The topological polar surface area (TPSA) is 235 Å². The molecule has 0 bridgehead atoms. The maximum absolute atomic E-state index is 13.4. The van der Waals surface area contributed by atoms with Crippen molar-refractivity contribution in [3.63, 3.8) is 0 Å². The molecule has 0 spiro atoms. The highest BCUT2D eigenvalue weighted by Crippen LogP contribution is 2.30. The van der Waals surface area contributed by atoms with Crippen molar-refractivity contribution < 1.29 is 34.6 Å². The number of aliphatic hydroxyl groups is 4. The summed E-state index contributed by atoms with van der Waals surface area (Å²) >= 11 is 0. The van der Waals surface area contributed by atoms with Gasteiger partial charge in [-0.05, 0) is 30.7 Å². The monoisotopic (exact) mass is 551 g/mol. The first-order chi connectivity index (χ1) is 18.6. The Balaban J connectivity index is 1.54. The van der Waals surface area contributed by atoms with Crippen LogP contribution < -0.4 is 37.6 Å². The van der Waals surface area contributed by atoms with Crippen molar-refractivity contribution in [2.45, 2.75) is 43.6 Å². The number of ether oxygens (including phenoxy) is 3. The van der Waals surface area contributed by atoms with Crippen LogP contribution in [0.3, 0.4) is 0 Å². The molecular weight excluding hydrogens is 518 g/mol. The number of nitrogens with two attached hydrogens (primary N) is 2. The zero-order valence-electron chi connectivity index (χ0n) is 21.4. The minimum atomic E-state index is -1.62. The summed E-state index contributed by atoms with van der Waals surface area (Å²) in [5.41, 5.74) is 4.44. The first-order valence-electron chi connectivity index (χ1n) is 12.1. The molecule has 0 saturated carbocycles. The Kier molecular flexibility index (Phi) is 8.43. The SMILES string of the molecule is COc1ccc(CCNCC(O)Cn2c(=O)n([C@@H]3O[C@H](CO)C(O)C3O)c3nc(N)n(N)c(=O)c32)cc1OC. The Hall–Kier alpha value is -3.67. The summed E-state index contributed by atoms with van der Waals surface area (Å²) in [6.45, 7) is -0.402. The van der Waals surface area contributed by atoms with Crippen LogP contribution in [0.25, 0.3) is 11.2 Å². The molecule has 1 aliphatic heterocycles. The first-order valence-corrected chi connectivity index (χ1v) is 12.1. The Morgan fingerprint density at radius 1 is 1.18 bits per heavy atom. The van der Waals surface area contributed by atoms with Gasteiger partial charge in [-0.3, -0.25) is 9.36 Å². The van der Waals surface area contributed by atoms with Gasteiger partial charge in [0.05, 0.1) is 33.5 Å². The van der Waals surface area contributed by atoms with Crippen molar-refractivity contribution in [3.8, 4) is 11.5 Å². The number of nitrogen functional groups attached to an aromatic ring is 2. The molecule has 2 aromatic heterocycles.